The van der Waals surface area contributed by atoms with Crippen LogP contribution in [-0.2, 0) is 6.18 Å². The minimum atomic E-state index is -4.58. The molecule has 0 atom stereocenters. The molecule has 3 heterocycles. The van der Waals surface area contributed by atoms with Crippen molar-refractivity contribution < 1.29 is 22.4 Å². The zero-order valence-corrected chi connectivity index (χ0v) is 18.2. The number of nitrogens with zero attached hydrogens (tertiary/aromatic N) is 1. The van der Waals surface area contributed by atoms with Gasteiger partial charge in [-0.1, -0.05) is 42.5 Å². The van der Waals surface area contributed by atoms with Gasteiger partial charge in [0.2, 0.25) is 0 Å². The monoisotopic (exact) mass is 473 g/mol. The highest BCUT2D eigenvalue weighted by molar-refractivity contribution is 7.26. The molecule has 166 valence electrons. The Morgan fingerprint density at radius 2 is 1.62 bits per heavy atom. The number of carbonyl (C=O) groups excluding carboxylic acids is 1. The quantitative estimate of drug-likeness (QED) is 0.244. The average molecular weight is 473 g/mol. The third kappa shape index (κ3) is 3.12. The lowest BCUT2D eigenvalue weighted by Crippen LogP contribution is -2.09. The number of benzene rings is 3. The number of fused-ring (bicyclic) bond motifs is 4. The van der Waals surface area contributed by atoms with E-state index >= 15 is 0 Å². The van der Waals surface area contributed by atoms with E-state index < -0.39 is 11.7 Å². The molecule has 0 amide bonds. The van der Waals surface area contributed by atoms with Gasteiger partial charge in [-0.05, 0) is 24.3 Å². The molecule has 6 aromatic rings. The van der Waals surface area contributed by atoms with E-state index in [1.54, 1.807) is 18.2 Å². The van der Waals surface area contributed by atoms with E-state index in [0.717, 1.165) is 26.2 Å². The highest BCUT2D eigenvalue weighted by Crippen LogP contribution is 2.41. The lowest BCUT2D eigenvalue weighted by atomic mass is 9.92. The summed E-state index contributed by atoms with van der Waals surface area (Å²) in [7, 11) is 0. The van der Waals surface area contributed by atoms with Gasteiger partial charge in [0.1, 0.15) is 0 Å². The molecular weight excluding hydrogens is 459 g/mol. The topological polar surface area (TPSA) is 43.1 Å². The first-order valence-corrected chi connectivity index (χ1v) is 11.2. The molecule has 0 radical (unpaired) electrons. The number of pyridine rings is 1. The molecule has 3 aromatic heterocycles. The third-order valence-corrected chi connectivity index (χ3v) is 7.13. The van der Waals surface area contributed by atoms with Gasteiger partial charge in [-0.3, -0.25) is 9.78 Å². The number of hydrogen-bond donors (Lipinski definition) is 0. The second kappa shape index (κ2) is 7.53. The molecule has 0 saturated carbocycles. The van der Waals surface area contributed by atoms with Crippen LogP contribution in [0, 0.1) is 0 Å². The number of thiophene rings is 1. The summed E-state index contributed by atoms with van der Waals surface area (Å²) in [5, 5.41) is 2.26. The van der Waals surface area contributed by atoms with Crippen molar-refractivity contribution in [1.29, 1.82) is 0 Å². The SMILES string of the molecule is O=C(c1cnc2c(C(F)(F)F)cccc2c1-c1ccoc1)c1cccc2c1sc1ccccc12. The molecule has 0 unspecified atom stereocenters. The maximum Gasteiger partial charge on any atom is 0.418 e. The third-order valence-electron chi connectivity index (χ3n) is 5.91. The van der Waals surface area contributed by atoms with E-state index in [1.165, 1.54) is 36.1 Å². The molecule has 3 nitrogen and oxygen atoms in total. The summed E-state index contributed by atoms with van der Waals surface area (Å²) in [6.45, 7) is 0. The first kappa shape index (κ1) is 20.6. The van der Waals surface area contributed by atoms with Gasteiger partial charge in [0, 0.05) is 54.0 Å². The number of halogens is 3. The van der Waals surface area contributed by atoms with Crippen molar-refractivity contribution in [1.82, 2.24) is 4.98 Å². The number of alkyl halides is 3. The van der Waals surface area contributed by atoms with Crippen LogP contribution in [0.1, 0.15) is 21.5 Å². The Hall–Kier alpha value is -3.97. The molecule has 0 aliphatic heterocycles. The van der Waals surface area contributed by atoms with Crippen LogP contribution in [0.5, 0.6) is 0 Å². The van der Waals surface area contributed by atoms with Crippen LogP contribution in [0.4, 0.5) is 13.2 Å². The summed E-state index contributed by atoms with van der Waals surface area (Å²) >= 11 is 1.52. The van der Waals surface area contributed by atoms with Gasteiger partial charge < -0.3 is 4.42 Å². The smallest absolute Gasteiger partial charge is 0.418 e. The van der Waals surface area contributed by atoms with Gasteiger partial charge in [-0.25, -0.2) is 0 Å². The zero-order valence-electron chi connectivity index (χ0n) is 17.4. The molecule has 0 bridgehead atoms. The zero-order chi connectivity index (χ0) is 23.4. The van der Waals surface area contributed by atoms with Gasteiger partial charge >= 0.3 is 6.18 Å². The minimum absolute atomic E-state index is 0.206. The largest absolute Gasteiger partial charge is 0.472 e. The first-order valence-electron chi connectivity index (χ1n) is 10.4. The van der Waals surface area contributed by atoms with E-state index in [-0.39, 0.29) is 22.2 Å². The maximum absolute atomic E-state index is 13.9. The molecular formula is C27H14F3NO2S. The van der Waals surface area contributed by atoms with Crippen molar-refractivity contribution in [3.05, 3.63) is 102 Å². The van der Waals surface area contributed by atoms with Gasteiger partial charge in [-0.2, -0.15) is 13.2 Å². The number of furan rings is 1. The lowest BCUT2D eigenvalue weighted by Gasteiger charge is -2.15. The first-order chi connectivity index (χ1) is 16.4. The van der Waals surface area contributed by atoms with Crippen LogP contribution in [0.25, 0.3) is 42.2 Å². The fourth-order valence-corrected chi connectivity index (χ4v) is 5.63. The van der Waals surface area contributed by atoms with Gasteiger partial charge in [0.05, 0.1) is 23.6 Å². The maximum atomic E-state index is 13.9. The molecule has 0 fully saturated rings. The van der Waals surface area contributed by atoms with Crippen LogP contribution in [0.3, 0.4) is 0 Å². The van der Waals surface area contributed by atoms with E-state index in [4.69, 9.17) is 4.42 Å². The van der Waals surface area contributed by atoms with Gasteiger partial charge in [0.15, 0.2) is 5.78 Å². The van der Waals surface area contributed by atoms with E-state index in [9.17, 15) is 18.0 Å². The fourth-order valence-electron chi connectivity index (χ4n) is 4.41. The summed E-state index contributed by atoms with van der Waals surface area (Å²) < 4.78 is 48.1. The number of ketones is 1. The van der Waals surface area contributed by atoms with Crippen LogP contribution in [-0.4, -0.2) is 10.8 Å². The Balaban J connectivity index is 1.64. The predicted octanol–water partition coefficient (Wildman–Crippen LogP) is 8.11. The number of hydrogen-bond acceptors (Lipinski definition) is 4. The van der Waals surface area contributed by atoms with Crippen molar-refractivity contribution >= 4 is 48.2 Å². The lowest BCUT2D eigenvalue weighted by molar-refractivity contribution is -0.136. The molecule has 0 N–H and O–H groups in total. The van der Waals surface area contributed by atoms with E-state index in [0.29, 0.717) is 16.7 Å². The summed E-state index contributed by atoms with van der Waals surface area (Å²) in [4.78, 5) is 18.0. The Bertz CT molecular complexity index is 1720. The van der Waals surface area contributed by atoms with Crippen molar-refractivity contribution in [3.63, 3.8) is 0 Å². The van der Waals surface area contributed by atoms with E-state index in [2.05, 4.69) is 4.98 Å². The molecule has 34 heavy (non-hydrogen) atoms. The van der Waals surface area contributed by atoms with E-state index in [1.807, 2.05) is 36.4 Å². The van der Waals surface area contributed by atoms with Crippen LogP contribution in [0.15, 0.2) is 89.9 Å². The molecule has 0 aliphatic rings. The number of carbonyl (C=O) groups is 1. The number of para-hydroxylation sites is 1. The predicted molar refractivity (Wildman–Crippen MR) is 127 cm³/mol. The molecule has 0 spiro atoms. The van der Waals surface area contributed by atoms with Gasteiger partial charge in [0.25, 0.3) is 0 Å². The Morgan fingerprint density at radius 3 is 2.41 bits per heavy atom. The standard InChI is InChI=1S/C27H14F3NO2S/c28-27(29,30)21-9-4-7-18-23(15-11-12-33-14-15)20(13-31-24(18)21)25(32)19-8-3-6-17-16-5-1-2-10-22(16)34-26(17)19/h1-14H. The molecule has 6 rings (SSSR count). The Morgan fingerprint density at radius 1 is 0.853 bits per heavy atom. The average Bonchev–Trinajstić information content (AvgIpc) is 3.50. The Kier molecular flexibility index (Phi) is 4.57. The van der Waals surface area contributed by atoms with Crippen molar-refractivity contribution in [3.8, 4) is 11.1 Å². The summed E-state index contributed by atoms with van der Waals surface area (Å²) in [5.41, 5.74) is 0.532. The van der Waals surface area contributed by atoms with Crippen molar-refractivity contribution in [2.45, 2.75) is 6.18 Å². The summed E-state index contributed by atoms with van der Waals surface area (Å²) in [5.74, 6) is -0.305. The fraction of sp³-hybridized carbons (Fsp3) is 0.0370. The molecule has 0 saturated heterocycles. The highest BCUT2D eigenvalue weighted by atomic mass is 32.1. The summed E-state index contributed by atoms with van der Waals surface area (Å²) in [6, 6.07) is 19.0. The van der Waals surface area contributed by atoms with Crippen LogP contribution < -0.4 is 0 Å². The molecule has 0 aliphatic carbocycles. The number of aromatic nitrogens is 1. The summed E-state index contributed by atoms with van der Waals surface area (Å²) in [6.07, 6.45) is -0.481. The second-order valence-corrected chi connectivity index (χ2v) is 8.92. The highest BCUT2D eigenvalue weighted by Gasteiger charge is 2.34. The number of rotatable bonds is 3. The van der Waals surface area contributed by atoms with Crippen LogP contribution >= 0.6 is 11.3 Å². The molecule has 7 heteroatoms. The second-order valence-electron chi connectivity index (χ2n) is 7.87. The van der Waals surface area contributed by atoms with Crippen molar-refractivity contribution in [2.24, 2.45) is 0 Å². The Labute approximate surface area is 195 Å². The van der Waals surface area contributed by atoms with Gasteiger partial charge in [-0.15, -0.1) is 11.3 Å². The minimum Gasteiger partial charge on any atom is -0.472 e. The molecule has 3 aromatic carbocycles. The normalized spacial score (nSPS) is 12.1. The van der Waals surface area contributed by atoms with Crippen molar-refractivity contribution in [2.75, 3.05) is 0 Å². The van der Waals surface area contributed by atoms with Crippen LogP contribution in [0.2, 0.25) is 0 Å².